The summed E-state index contributed by atoms with van der Waals surface area (Å²) in [6.07, 6.45) is 2.44. The lowest BCUT2D eigenvalue weighted by molar-refractivity contribution is 0.618. The van der Waals surface area contributed by atoms with Crippen LogP contribution in [-0.4, -0.2) is 0 Å². The van der Waals surface area contributed by atoms with Gasteiger partial charge in [0, 0.05) is 3.57 Å². The average Bonchev–Trinajstić information content (AvgIpc) is 2.79. The number of hydrogen-bond donors (Lipinski definition) is 0. The zero-order valence-electron chi connectivity index (χ0n) is 6.28. The van der Waals surface area contributed by atoms with Gasteiger partial charge in [0.1, 0.15) is 5.82 Å². The fourth-order valence-electron chi connectivity index (χ4n) is 1.25. The molecule has 64 valence electrons. The maximum Gasteiger partial charge on any atom is 0.137 e. The van der Waals surface area contributed by atoms with E-state index in [0.717, 1.165) is 0 Å². The second-order valence-electron chi connectivity index (χ2n) is 3.06. The molecule has 1 aromatic rings. The molecule has 0 spiro atoms. The molecule has 1 aliphatic rings. The summed E-state index contributed by atoms with van der Waals surface area (Å²) in [5.74, 6) is 0.483. The van der Waals surface area contributed by atoms with E-state index in [-0.39, 0.29) is 5.82 Å². The highest BCUT2D eigenvalue weighted by atomic mass is 127. The molecular formula is C9H7BrFI. The molecule has 0 amide bonds. The number of rotatable bonds is 1. The molecular weight excluding hydrogens is 334 g/mol. The lowest BCUT2D eigenvalue weighted by atomic mass is 10.1. The quantitative estimate of drug-likeness (QED) is 0.534. The van der Waals surface area contributed by atoms with E-state index in [0.29, 0.717) is 10.4 Å². The molecule has 1 saturated carbocycles. The number of halogens is 3. The largest absolute Gasteiger partial charge is 0.206 e. The van der Waals surface area contributed by atoms with Crippen LogP contribution in [0.4, 0.5) is 4.39 Å². The molecule has 3 heteroatoms. The van der Waals surface area contributed by atoms with Gasteiger partial charge in [0.2, 0.25) is 0 Å². The topological polar surface area (TPSA) is 0 Å². The smallest absolute Gasteiger partial charge is 0.137 e. The van der Waals surface area contributed by atoms with Crippen molar-refractivity contribution in [2.45, 2.75) is 18.8 Å². The molecule has 12 heavy (non-hydrogen) atoms. The second kappa shape index (κ2) is 3.25. The van der Waals surface area contributed by atoms with Gasteiger partial charge in [0.25, 0.3) is 0 Å². The van der Waals surface area contributed by atoms with Gasteiger partial charge in [0.15, 0.2) is 0 Å². The summed E-state index contributed by atoms with van der Waals surface area (Å²) in [4.78, 5) is 0. The van der Waals surface area contributed by atoms with Gasteiger partial charge in [-0.2, -0.15) is 0 Å². The molecule has 0 nitrogen and oxygen atoms in total. The highest BCUT2D eigenvalue weighted by Gasteiger charge is 2.26. The van der Waals surface area contributed by atoms with Crippen LogP contribution >= 0.6 is 38.5 Å². The van der Waals surface area contributed by atoms with Gasteiger partial charge in [0.05, 0.1) is 4.47 Å². The van der Waals surface area contributed by atoms with E-state index in [9.17, 15) is 4.39 Å². The average molecular weight is 341 g/mol. The van der Waals surface area contributed by atoms with Crippen molar-refractivity contribution >= 4 is 38.5 Å². The highest BCUT2D eigenvalue weighted by molar-refractivity contribution is 14.1. The van der Waals surface area contributed by atoms with Crippen LogP contribution in [0, 0.1) is 9.39 Å². The molecule has 1 aromatic carbocycles. The van der Waals surface area contributed by atoms with Crippen LogP contribution in [0.25, 0.3) is 0 Å². The van der Waals surface area contributed by atoms with Crippen molar-refractivity contribution in [1.29, 1.82) is 0 Å². The maximum absolute atomic E-state index is 13.1. The monoisotopic (exact) mass is 340 g/mol. The van der Waals surface area contributed by atoms with Gasteiger partial charge in [-0.15, -0.1) is 0 Å². The Balaban J connectivity index is 2.47. The van der Waals surface area contributed by atoms with E-state index in [2.05, 4.69) is 38.5 Å². The molecule has 0 saturated heterocycles. The summed E-state index contributed by atoms with van der Waals surface area (Å²) < 4.78 is 14.8. The Hall–Kier alpha value is 0.360. The number of benzene rings is 1. The summed E-state index contributed by atoms with van der Waals surface area (Å²) in [6, 6.07) is 3.51. The Labute approximate surface area is 92.8 Å². The molecule has 0 bridgehead atoms. The Morgan fingerprint density at radius 1 is 1.42 bits per heavy atom. The van der Waals surface area contributed by atoms with Crippen LogP contribution in [0.1, 0.15) is 24.3 Å². The van der Waals surface area contributed by atoms with Crippen molar-refractivity contribution < 1.29 is 4.39 Å². The second-order valence-corrected chi connectivity index (χ2v) is 5.08. The summed E-state index contributed by atoms with van der Waals surface area (Å²) in [7, 11) is 0. The first kappa shape index (κ1) is 8.94. The fraction of sp³-hybridized carbons (Fsp3) is 0.333. The van der Waals surface area contributed by atoms with Crippen LogP contribution < -0.4 is 0 Å². The van der Waals surface area contributed by atoms with Crippen molar-refractivity contribution in [3.8, 4) is 0 Å². The van der Waals surface area contributed by atoms with Crippen LogP contribution in [0.3, 0.4) is 0 Å². The summed E-state index contributed by atoms with van der Waals surface area (Å²) >= 11 is 5.43. The van der Waals surface area contributed by atoms with Crippen molar-refractivity contribution in [3.63, 3.8) is 0 Å². The minimum absolute atomic E-state index is 0.141. The summed E-state index contributed by atoms with van der Waals surface area (Å²) in [5.41, 5.74) is 1.18. The molecule has 0 N–H and O–H groups in total. The zero-order chi connectivity index (χ0) is 8.72. The van der Waals surface area contributed by atoms with Crippen molar-refractivity contribution in [2.24, 2.45) is 0 Å². The van der Waals surface area contributed by atoms with E-state index in [4.69, 9.17) is 0 Å². The Bertz CT molecular complexity index is 321. The Morgan fingerprint density at radius 2 is 2.08 bits per heavy atom. The van der Waals surface area contributed by atoms with Gasteiger partial charge in [-0.3, -0.25) is 0 Å². The van der Waals surface area contributed by atoms with Gasteiger partial charge >= 0.3 is 0 Å². The lowest BCUT2D eigenvalue weighted by Gasteiger charge is -2.03. The summed E-state index contributed by atoms with van der Waals surface area (Å²) in [5, 5.41) is 0. The van der Waals surface area contributed by atoms with E-state index in [1.807, 2.05) is 6.07 Å². The molecule has 0 radical (unpaired) electrons. The Kier molecular flexibility index (Phi) is 2.42. The van der Waals surface area contributed by atoms with Crippen LogP contribution in [0.2, 0.25) is 0 Å². The highest BCUT2D eigenvalue weighted by Crippen LogP contribution is 2.43. The van der Waals surface area contributed by atoms with E-state index in [1.165, 1.54) is 22.0 Å². The van der Waals surface area contributed by atoms with Crippen molar-refractivity contribution in [2.75, 3.05) is 0 Å². The molecule has 0 aliphatic heterocycles. The van der Waals surface area contributed by atoms with Crippen molar-refractivity contribution in [3.05, 3.63) is 31.6 Å². The van der Waals surface area contributed by atoms with Crippen molar-refractivity contribution in [1.82, 2.24) is 0 Å². The molecule has 1 aliphatic carbocycles. The minimum atomic E-state index is -0.141. The van der Waals surface area contributed by atoms with E-state index < -0.39 is 0 Å². The molecule has 2 rings (SSSR count). The third kappa shape index (κ3) is 1.66. The third-order valence-electron chi connectivity index (χ3n) is 2.06. The first-order valence-electron chi connectivity index (χ1n) is 3.83. The first-order chi connectivity index (χ1) is 5.68. The standard InChI is InChI=1S/C9H7BrFI/c10-7-4-9(12)6(3-8(7)11)5-1-2-5/h3-5H,1-2H2. The fourth-order valence-corrected chi connectivity index (χ4v) is 2.92. The minimum Gasteiger partial charge on any atom is -0.206 e. The normalized spacial score (nSPS) is 16.6. The molecule has 0 aromatic heterocycles. The maximum atomic E-state index is 13.1. The molecule has 0 unspecified atom stereocenters. The first-order valence-corrected chi connectivity index (χ1v) is 5.70. The SMILES string of the molecule is Fc1cc(C2CC2)c(I)cc1Br. The molecule has 0 atom stereocenters. The summed E-state index contributed by atoms with van der Waals surface area (Å²) in [6.45, 7) is 0. The van der Waals surface area contributed by atoms with Gasteiger partial charge < -0.3 is 0 Å². The predicted octanol–water partition coefficient (Wildman–Crippen LogP) is 4.07. The van der Waals surface area contributed by atoms with E-state index >= 15 is 0 Å². The zero-order valence-corrected chi connectivity index (χ0v) is 10.0. The van der Waals surface area contributed by atoms with E-state index in [1.54, 1.807) is 6.07 Å². The lowest BCUT2D eigenvalue weighted by Crippen LogP contribution is -1.88. The van der Waals surface area contributed by atoms with Gasteiger partial charge in [-0.1, -0.05) is 0 Å². The van der Waals surface area contributed by atoms with Crippen LogP contribution in [0.5, 0.6) is 0 Å². The Morgan fingerprint density at radius 3 is 2.67 bits per heavy atom. The van der Waals surface area contributed by atoms with Crippen LogP contribution in [-0.2, 0) is 0 Å². The van der Waals surface area contributed by atoms with Gasteiger partial charge in [-0.25, -0.2) is 4.39 Å². The molecule has 1 fully saturated rings. The van der Waals surface area contributed by atoms with Crippen LogP contribution in [0.15, 0.2) is 16.6 Å². The predicted molar refractivity (Wildman–Crippen MR) is 58.8 cm³/mol. The van der Waals surface area contributed by atoms with Gasteiger partial charge in [-0.05, 0) is 75.0 Å². The third-order valence-corrected chi connectivity index (χ3v) is 3.60. The number of hydrogen-bond acceptors (Lipinski definition) is 0. The molecule has 0 heterocycles.